The summed E-state index contributed by atoms with van der Waals surface area (Å²) in [6.45, 7) is 22.0. The Morgan fingerprint density at radius 2 is 1.71 bits per heavy atom. The van der Waals surface area contributed by atoms with Gasteiger partial charge in [0.05, 0.1) is 18.3 Å². The largest absolute Gasteiger partial charge is 0.504 e. The van der Waals surface area contributed by atoms with Gasteiger partial charge in [0, 0.05) is 12.8 Å². The third kappa shape index (κ3) is 15.5. The van der Waals surface area contributed by atoms with Crippen molar-refractivity contribution in [1.29, 1.82) is 0 Å². The summed E-state index contributed by atoms with van der Waals surface area (Å²) in [5.74, 6) is 2.51. The Hall–Kier alpha value is -2.66. The standard InChI is InChI=1S/C10H12O2.C10H18O.C10H14O.C10H20O/c1-3-4-8-5-6-9(11)10(7-8)12-2;1-9(2)8-4-6-10(3,11-9)7-5-8;1-7(2)9-5-4-8(3)10(11)6-9;1-3-4-5-6-7-8-9-10(2)11/h3,5-7,11H,1,4H2,2H3;8H,4-7H2,1-3H3;4,9H,1,5-6H2,2-3H3;3-9H2,1-2H3. The fourth-order valence-electron chi connectivity index (χ4n) is 6.19. The van der Waals surface area contributed by atoms with Crippen LogP contribution in [-0.4, -0.2) is 35.0 Å². The van der Waals surface area contributed by atoms with Gasteiger partial charge in [-0.1, -0.05) is 69.4 Å². The van der Waals surface area contributed by atoms with Crippen molar-refractivity contribution in [1.82, 2.24) is 0 Å². The molecule has 1 saturated carbocycles. The van der Waals surface area contributed by atoms with Crippen LogP contribution in [0.3, 0.4) is 0 Å². The van der Waals surface area contributed by atoms with Crippen LogP contribution in [0.1, 0.15) is 138 Å². The summed E-state index contributed by atoms with van der Waals surface area (Å²) in [4.78, 5) is 21.7. The van der Waals surface area contributed by atoms with Crippen LogP contribution in [-0.2, 0) is 20.7 Å². The molecule has 1 atom stereocenters. The average Bonchev–Trinajstić information content (AvgIpc) is 2.97. The number of carbonyl (C=O) groups is 2. The van der Waals surface area contributed by atoms with Gasteiger partial charge in [0.15, 0.2) is 17.3 Å². The van der Waals surface area contributed by atoms with E-state index in [9.17, 15) is 14.7 Å². The number of benzene rings is 1. The lowest BCUT2D eigenvalue weighted by Gasteiger charge is -2.54. The van der Waals surface area contributed by atoms with Gasteiger partial charge in [-0.3, -0.25) is 4.79 Å². The predicted octanol–water partition coefficient (Wildman–Crippen LogP) is 10.7. The number of fused-ring (bicyclic) bond motifs is 3. The normalized spacial score (nSPS) is 22.7. The lowest BCUT2D eigenvalue weighted by Crippen LogP contribution is -2.53. The zero-order chi connectivity index (χ0) is 34.0. The molecule has 2 aliphatic heterocycles. The number of methoxy groups -OCH3 is 1. The van der Waals surface area contributed by atoms with Crippen molar-refractivity contribution in [3.05, 3.63) is 60.2 Å². The van der Waals surface area contributed by atoms with Gasteiger partial charge in [-0.25, -0.2) is 0 Å². The molecule has 5 heteroatoms. The number of unbranched alkanes of at least 4 members (excludes halogenated alkanes) is 5. The molecular formula is C40H64O5. The van der Waals surface area contributed by atoms with Gasteiger partial charge in [0.1, 0.15) is 5.78 Å². The molecule has 4 aliphatic rings. The first-order valence-electron chi connectivity index (χ1n) is 17.2. The Balaban J connectivity index is 0.000000300. The van der Waals surface area contributed by atoms with Gasteiger partial charge in [-0.05, 0) is 122 Å². The van der Waals surface area contributed by atoms with Gasteiger partial charge < -0.3 is 19.4 Å². The number of phenols is 1. The lowest BCUT2D eigenvalue weighted by atomic mass is 9.69. The first-order valence-corrected chi connectivity index (χ1v) is 17.2. The molecule has 1 unspecified atom stereocenters. The maximum atomic E-state index is 11.2. The van der Waals surface area contributed by atoms with Crippen LogP contribution in [0.2, 0.25) is 0 Å². The number of hydrogen-bond acceptors (Lipinski definition) is 5. The summed E-state index contributed by atoms with van der Waals surface area (Å²) in [5.41, 5.74) is 3.51. The average molecular weight is 625 g/mol. The van der Waals surface area contributed by atoms with Crippen LogP contribution in [0.25, 0.3) is 0 Å². The number of hydrogen-bond donors (Lipinski definition) is 1. The zero-order valence-electron chi connectivity index (χ0n) is 29.9. The van der Waals surface area contributed by atoms with Crippen LogP contribution in [0.15, 0.2) is 54.7 Å². The van der Waals surface area contributed by atoms with Crippen LogP contribution in [0.4, 0.5) is 0 Å². The molecule has 0 spiro atoms. The van der Waals surface area contributed by atoms with Gasteiger partial charge in [0.25, 0.3) is 0 Å². The molecule has 5 nitrogen and oxygen atoms in total. The molecule has 0 aromatic heterocycles. The predicted molar refractivity (Wildman–Crippen MR) is 189 cm³/mol. The molecule has 2 saturated heterocycles. The molecule has 2 heterocycles. The van der Waals surface area contributed by atoms with Crippen LogP contribution < -0.4 is 4.74 Å². The third-order valence-corrected chi connectivity index (χ3v) is 9.32. The summed E-state index contributed by atoms with van der Waals surface area (Å²) >= 11 is 0. The Labute approximate surface area is 275 Å². The van der Waals surface area contributed by atoms with Crippen molar-refractivity contribution in [2.75, 3.05) is 7.11 Å². The summed E-state index contributed by atoms with van der Waals surface area (Å²) in [6, 6.07) is 5.27. The van der Waals surface area contributed by atoms with Gasteiger partial charge >= 0.3 is 0 Å². The van der Waals surface area contributed by atoms with Crippen molar-refractivity contribution in [2.24, 2.45) is 11.8 Å². The van der Waals surface area contributed by atoms with Crippen molar-refractivity contribution < 1.29 is 24.2 Å². The van der Waals surface area contributed by atoms with E-state index in [0.717, 1.165) is 48.3 Å². The second-order valence-corrected chi connectivity index (χ2v) is 13.9. The van der Waals surface area contributed by atoms with E-state index in [1.807, 2.05) is 32.1 Å². The third-order valence-electron chi connectivity index (χ3n) is 9.32. The molecule has 45 heavy (non-hydrogen) atoms. The highest BCUT2D eigenvalue weighted by Crippen LogP contribution is 2.49. The highest BCUT2D eigenvalue weighted by molar-refractivity contribution is 5.95. The number of Topliss-reactive ketones (excluding diaryl/α,β-unsaturated/α-hetero) is 2. The Kier molecular flexibility index (Phi) is 18.4. The monoisotopic (exact) mass is 624 g/mol. The molecule has 254 valence electrons. The fraction of sp³-hybridized carbons (Fsp3) is 0.650. The number of ether oxygens (including phenoxy) is 2. The summed E-state index contributed by atoms with van der Waals surface area (Å²) < 4.78 is 11.0. The first-order chi connectivity index (χ1) is 21.2. The van der Waals surface area contributed by atoms with E-state index in [0.29, 0.717) is 23.9 Å². The summed E-state index contributed by atoms with van der Waals surface area (Å²) in [6.07, 6.45) is 20.0. The minimum atomic E-state index is 0.158. The first kappa shape index (κ1) is 40.4. The molecule has 2 bridgehead atoms. The molecule has 0 amide bonds. The van der Waals surface area contributed by atoms with Crippen molar-refractivity contribution in [2.45, 2.75) is 150 Å². The lowest BCUT2D eigenvalue weighted by molar-refractivity contribution is -0.229. The number of aromatic hydroxyl groups is 1. The highest BCUT2D eigenvalue weighted by atomic mass is 16.5. The number of rotatable bonds is 11. The van der Waals surface area contributed by atoms with E-state index in [1.54, 1.807) is 19.1 Å². The van der Waals surface area contributed by atoms with E-state index < -0.39 is 0 Å². The number of allylic oxidation sites excluding steroid dienone is 4. The molecule has 2 aliphatic carbocycles. The van der Waals surface area contributed by atoms with Crippen LogP contribution >= 0.6 is 0 Å². The van der Waals surface area contributed by atoms with Crippen molar-refractivity contribution in [3.8, 4) is 11.5 Å². The van der Waals surface area contributed by atoms with Crippen molar-refractivity contribution >= 4 is 11.6 Å². The summed E-state index contributed by atoms with van der Waals surface area (Å²) in [5, 5.41) is 9.25. The number of phenolic OH excluding ortho intramolecular Hbond substituents is 1. The minimum absolute atomic E-state index is 0.158. The van der Waals surface area contributed by atoms with Crippen molar-refractivity contribution in [3.63, 3.8) is 0 Å². The smallest absolute Gasteiger partial charge is 0.160 e. The van der Waals surface area contributed by atoms with E-state index >= 15 is 0 Å². The maximum absolute atomic E-state index is 11.2. The quantitative estimate of drug-likeness (QED) is 0.196. The Morgan fingerprint density at radius 1 is 1.09 bits per heavy atom. The Morgan fingerprint density at radius 3 is 2.18 bits per heavy atom. The van der Waals surface area contributed by atoms with Gasteiger partial charge in [-0.2, -0.15) is 0 Å². The van der Waals surface area contributed by atoms with E-state index in [1.165, 1.54) is 64.9 Å². The zero-order valence-corrected chi connectivity index (χ0v) is 29.9. The maximum Gasteiger partial charge on any atom is 0.160 e. The van der Waals surface area contributed by atoms with E-state index in [2.05, 4.69) is 40.9 Å². The number of carbonyl (C=O) groups excluding carboxylic acids is 2. The highest BCUT2D eigenvalue weighted by Gasteiger charge is 2.48. The van der Waals surface area contributed by atoms with Gasteiger partial charge in [0.2, 0.25) is 0 Å². The topological polar surface area (TPSA) is 72.8 Å². The molecular weight excluding hydrogens is 560 g/mol. The SMILES string of the molecule is C=C(C)C1CC=C(C)C(=O)C1.C=CCc1ccc(O)c(OC)c1.CC12CCC(CC1)C(C)(C)O2.CCCCCCCCC(C)=O. The van der Waals surface area contributed by atoms with Gasteiger partial charge in [-0.15, -0.1) is 6.58 Å². The summed E-state index contributed by atoms with van der Waals surface area (Å²) in [7, 11) is 1.53. The second kappa shape index (κ2) is 20.5. The van der Waals surface area contributed by atoms with Crippen LogP contribution in [0, 0.1) is 11.8 Å². The van der Waals surface area contributed by atoms with E-state index in [4.69, 9.17) is 9.47 Å². The molecule has 0 radical (unpaired) electrons. The fourth-order valence-corrected chi connectivity index (χ4v) is 6.19. The second-order valence-electron chi connectivity index (χ2n) is 13.9. The Bertz CT molecular complexity index is 1100. The number of ketones is 2. The molecule has 3 fully saturated rings. The molecule has 5 rings (SSSR count). The van der Waals surface area contributed by atoms with Crippen LogP contribution in [0.5, 0.6) is 11.5 Å². The minimum Gasteiger partial charge on any atom is -0.504 e. The van der Waals surface area contributed by atoms with E-state index in [-0.39, 0.29) is 22.7 Å². The molecule has 1 N–H and O–H groups in total. The molecule has 1 aromatic rings. The molecule has 1 aromatic carbocycles.